The largest absolute Gasteiger partial charge is 0.349 e. The van der Waals surface area contributed by atoms with Crippen LogP contribution >= 0.6 is 0 Å². The molecule has 1 aliphatic rings. The fraction of sp³-hybridized carbons (Fsp3) is 0.588. The molecule has 2 N–H and O–H groups in total. The predicted molar refractivity (Wildman–Crippen MR) is 93.1 cm³/mol. The zero-order valence-corrected chi connectivity index (χ0v) is 14.5. The molecule has 0 radical (unpaired) electrons. The standard InChI is InChI=1S/C17H26N2O3S/c1-2-23(21,22)19-16-12-8-9-14(13-16)17(20)18-15-10-6-4-3-5-7-11-15/h8-9,12-13,15,19H,2-7,10-11H2,1H3,(H,18,20). The van der Waals surface area contributed by atoms with Gasteiger partial charge in [-0.2, -0.15) is 0 Å². The normalized spacial score (nSPS) is 17.1. The first-order valence-corrected chi connectivity index (χ1v) is 10.1. The van der Waals surface area contributed by atoms with E-state index in [0.717, 1.165) is 25.7 Å². The Kier molecular flexibility index (Phi) is 6.45. The number of amides is 1. The van der Waals surface area contributed by atoms with E-state index in [2.05, 4.69) is 10.0 Å². The third-order valence-corrected chi connectivity index (χ3v) is 5.53. The molecular weight excluding hydrogens is 312 g/mol. The third-order valence-electron chi connectivity index (χ3n) is 4.22. The highest BCUT2D eigenvalue weighted by molar-refractivity contribution is 7.92. The number of benzene rings is 1. The van der Waals surface area contributed by atoms with Crippen LogP contribution in [0.25, 0.3) is 0 Å². The fourth-order valence-electron chi connectivity index (χ4n) is 2.84. The molecule has 128 valence electrons. The van der Waals surface area contributed by atoms with E-state index in [4.69, 9.17) is 0 Å². The average molecular weight is 338 g/mol. The van der Waals surface area contributed by atoms with Crippen molar-refractivity contribution < 1.29 is 13.2 Å². The van der Waals surface area contributed by atoms with Gasteiger partial charge in [0, 0.05) is 17.3 Å². The number of carbonyl (C=O) groups is 1. The van der Waals surface area contributed by atoms with Crippen molar-refractivity contribution in [1.82, 2.24) is 5.32 Å². The van der Waals surface area contributed by atoms with Gasteiger partial charge in [-0.25, -0.2) is 8.42 Å². The van der Waals surface area contributed by atoms with Crippen LogP contribution in [-0.4, -0.2) is 26.1 Å². The molecule has 0 aromatic heterocycles. The van der Waals surface area contributed by atoms with Crippen molar-refractivity contribution in [2.75, 3.05) is 10.5 Å². The lowest BCUT2D eigenvalue weighted by Gasteiger charge is -2.21. The second-order valence-electron chi connectivity index (χ2n) is 6.10. The number of sulfonamides is 1. The van der Waals surface area contributed by atoms with Crippen molar-refractivity contribution in [3.8, 4) is 0 Å². The van der Waals surface area contributed by atoms with Gasteiger partial charge in [-0.1, -0.05) is 38.2 Å². The smallest absolute Gasteiger partial charge is 0.251 e. The molecule has 0 spiro atoms. The maximum absolute atomic E-state index is 12.4. The zero-order chi connectivity index (χ0) is 16.7. The van der Waals surface area contributed by atoms with Crippen molar-refractivity contribution in [3.05, 3.63) is 29.8 Å². The number of rotatable bonds is 5. The molecule has 1 aromatic carbocycles. The number of hydrogen-bond acceptors (Lipinski definition) is 3. The van der Waals surface area contributed by atoms with Crippen LogP contribution < -0.4 is 10.0 Å². The van der Waals surface area contributed by atoms with Crippen molar-refractivity contribution in [2.24, 2.45) is 0 Å². The molecule has 1 fully saturated rings. The highest BCUT2D eigenvalue weighted by atomic mass is 32.2. The second-order valence-corrected chi connectivity index (χ2v) is 8.11. The van der Waals surface area contributed by atoms with Crippen molar-refractivity contribution >= 4 is 21.6 Å². The lowest BCUT2D eigenvalue weighted by Crippen LogP contribution is -2.35. The minimum atomic E-state index is -3.33. The molecule has 1 aromatic rings. The minimum absolute atomic E-state index is 0.00545. The van der Waals surface area contributed by atoms with Crippen molar-refractivity contribution in [2.45, 2.75) is 57.9 Å². The molecule has 0 saturated heterocycles. The summed E-state index contributed by atoms with van der Waals surface area (Å²) in [4.78, 5) is 12.4. The van der Waals surface area contributed by atoms with Crippen LogP contribution in [0.2, 0.25) is 0 Å². The molecular formula is C17H26N2O3S. The molecule has 5 nitrogen and oxygen atoms in total. The lowest BCUT2D eigenvalue weighted by molar-refractivity contribution is 0.0930. The quantitative estimate of drug-likeness (QED) is 0.865. The van der Waals surface area contributed by atoms with Crippen LogP contribution in [0.15, 0.2) is 24.3 Å². The fourth-order valence-corrected chi connectivity index (χ4v) is 3.48. The van der Waals surface area contributed by atoms with Gasteiger partial charge in [-0.15, -0.1) is 0 Å². The van der Waals surface area contributed by atoms with E-state index in [9.17, 15) is 13.2 Å². The third kappa shape index (κ3) is 5.86. The van der Waals surface area contributed by atoms with Crippen LogP contribution in [0.5, 0.6) is 0 Å². The van der Waals surface area contributed by atoms with Crippen LogP contribution in [0.1, 0.15) is 62.2 Å². The number of nitrogens with one attached hydrogen (secondary N) is 2. The lowest BCUT2D eigenvalue weighted by atomic mass is 9.96. The SMILES string of the molecule is CCS(=O)(=O)Nc1cccc(C(=O)NC2CCCCCCC2)c1. The van der Waals surface area contributed by atoms with E-state index in [1.54, 1.807) is 31.2 Å². The number of hydrogen-bond donors (Lipinski definition) is 2. The number of carbonyl (C=O) groups excluding carboxylic acids is 1. The van der Waals surface area contributed by atoms with Gasteiger partial charge >= 0.3 is 0 Å². The summed E-state index contributed by atoms with van der Waals surface area (Å²) in [6, 6.07) is 6.87. The molecule has 1 saturated carbocycles. The summed E-state index contributed by atoms with van der Waals surface area (Å²) >= 11 is 0. The first kappa shape index (κ1) is 17.8. The maximum Gasteiger partial charge on any atom is 0.251 e. The van der Waals surface area contributed by atoms with Crippen LogP contribution in [0.3, 0.4) is 0 Å². The summed E-state index contributed by atoms with van der Waals surface area (Å²) in [5.74, 6) is -0.126. The molecule has 0 atom stereocenters. The Labute approximate surface area is 138 Å². The van der Waals surface area contributed by atoms with E-state index >= 15 is 0 Å². The Morgan fingerprint density at radius 1 is 1.13 bits per heavy atom. The first-order chi connectivity index (χ1) is 11.0. The first-order valence-electron chi connectivity index (χ1n) is 8.41. The molecule has 2 rings (SSSR count). The molecule has 1 amide bonds. The summed E-state index contributed by atoms with van der Waals surface area (Å²) in [7, 11) is -3.33. The van der Waals surface area contributed by atoms with Crippen LogP contribution in [0.4, 0.5) is 5.69 Å². The van der Waals surface area contributed by atoms with Crippen LogP contribution in [0, 0.1) is 0 Å². The zero-order valence-electron chi connectivity index (χ0n) is 13.7. The van der Waals surface area contributed by atoms with E-state index in [1.165, 1.54) is 19.3 Å². The molecule has 0 unspecified atom stereocenters. The minimum Gasteiger partial charge on any atom is -0.349 e. The topological polar surface area (TPSA) is 75.3 Å². The summed E-state index contributed by atoms with van der Waals surface area (Å²) in [6.45, 7) is 1.58. The van der Waals surface area contributed by atoms with Gasteiger partial charge in [0.2, 0.25) is 10.0 Å². The highest BCUT2D eigenvalue weighted by Crippen LogP contribution is 2.18. The Balaban J connectivity index is 2.01. The van der Waals surface area contributed by atoms with Gasteiger partial charge in [0.05, 0.1) is 5.75 Å². The summed E-state index contributed by atoms with van der Waals surface area (Å²) in [6.07, 6.45) is 8.12. The monoisotopic (exact) mass is 338 g/mol. The molecule has 0 heterocycles. The average Bonchev–Trinajstić information content (AvgIpc) is 2.49. The molecule has 6 heteroatoms. The Bertz CT molecular complexity index is 620. The summed E-state index contributed by atoms with van der Waals surface area (Å²) in [5.41, 5.74) is 0.917. The Morgan fingerprint density at radius 2 is 1.78 bits per heavy atom. The van der Waals surface area contributed by atoms with Gasteiger partial charge in [-0.3, -0.25) is 9.52 Å². The Hall–Kier alpha value is -1.56. The van der Waals surface area contributed by atoms with Gasteiger partial charge in [0.25, 0.3) is 5.91 Å². The highest BCUT2D eigenvalue weighted by Gasteiger charge is 2.16. The second kappa shape index (κ2) is 8.34. The van der Waals surface area contributed by atoms with Crippen molar-refractivity contribution in [1.29, 1.82) is 0 Å². The molecule has 0 bridgehead atoms. The van der Waals surface area contributed by atoms with E-state index in [-0.39, 0.29) is 17.7 Å². The van der Waals surface area contributed by atoms with E-state index < -0.39 is 10.0 Å². The van der Waals surface area contributed by atoms with Gasteiger partial charge in [0.1, 0.15) is 0 Å². The molecule has 1 aliphatic carbocycles. The number of anilines is 1. The van der Waals surface area contributed by atoms with Crippen molar-refractivity contribution in [3.63, 3.8) is 0 Å². The predicted octanol–water partition coefficient (Wildman–Crippen LogP) is 3.29. The molecule has 23 heavy (non-hydrogen) atoms. The van der Waals surface area contributed by atoms with Crippen LogP contribution in [-0.2, 0) is 10.0 Å². The van der Waals surface area contributed by atoms with E-state index in [0.29, 0.717) is 11.3 Å². The summed E-state index contributed by atoms with van der Waals surface area (Å²) in [5, 5.41) is 3.09. The maximum atomic E-state index is 12.4. The Morgan fingerprint density at radius 3 is 2.43 bits per heavy atom. The van der Waals surface area contributed by atoms with Gasteiger partial charge in [-0.05, 0) is 38.0 Å². The van der Waals surface area contributed by atoms with Gasteiger partial charge in [0.15, 0.2) is 0 Å². The summed E-state index contributed by atoms with van der Waals surface area (Å²) < 4.78 is 25.7. The molecule has 0 aliphatic heterocycles. The van der Waals surface area contributed by atoms with Gasteiger partial charge < -0.3 is 5.32 Å². The van der Waals surface area contributed by atoms with E-state index in [1.807, 2.05) is 0 Å².